The van der Waals surface area contributed by atoms with Crippen molar-refractivity contribution in [1.29, 1.82) is 0 Å². The molecule has 1 heterocycles. The Morgan fingerprint density at radius 3 is 2.68 bits per heavy atom. The molecule has 150 valence electrons. The van der Waals surface area contributed by atoms with E-state index in [2.05, 4.69) is 10.3 Å². The summed E-state index contributed by atoms with van der Waals surface area (Å²) in [4.78, 5) is 4.44. The highest BCUT2D eigenvalue weighted by Gasteiger charge is 2.16. The summed E-state index contributed by atoms with van der Waals surface area (Å²) in [5.74, 6) is 2.05. The summed E-state index contributed by atoms with van der Waals surface area (Å²) in [7, 11) is 0. The number of nitrogens with one attached hydrogen (secondary N) is 1. The molecule has 0 amide bonds. The standard InChI is InChI=1S/C21H25N3O3.HI/c22-21(24-15-7-9-19-20(12-15)27-11-3-10-26-19)23-13-17-16-5-2-1-4-14(16)6-8-18(17)25;/h6-9,12,25H,1-5,10-11,13H2,(H3,22,23,24);1H. The first kappa shape index (κ1) is 20.6. The Morgan fingerprint density at radius 2 is 1.82 bits per heavy atom. The highest BCUT2D eigenvalue weighted by molar-refractivity contribution is 14.0. The highest BCUT2D eigenvalue weighted by Crippen LogP contribution is 2.33. The van der Waals surface area contributed by atoms with Crippen molar-refractivity contribution in [1.82, 2.24) is 0 Å². The molecule has 2 aromatic carbocycles. The van der Waals surface area contributed by atoms with E-state index >= 15 is 0 Å². The molecular formula is C21H26IN3O3. The number of phenols is 1. The maximum absolute atomic E-state index is 10.3. The quantitative estimate of drug-likeness (QED) is 0.341. The molecule has 0 bridgehead atoms. The molecule has 0 atom stereocenters. The molecule has 1 aliphatic carbocycles. The third kappa shape index (κ3) is 4.63. The van der Waals surface area contributed by atoms with Crippen LogP contribution in [-0.2, 0) is 19.4 Å². The monoisotopic (exact) mass is 495 g/mol. The molecule has 0 radical (unpaired) electrons. The van der Waals surface area contributed by atoms with E-state index in [0.29, 0.717) is 37.2 Å². The number of fused-ring (bicyclic) bond motifs is 2. The van der Waals surface area contributed by atoms with Gasteiger partial charge in [0.05, 0.1) is 19.8 Å². The van der Waals surface area contributed by atoms with E-state index in [1.807, 2.05) is 24.3 Å². The fourth-order valence-electron chi connectivity index (χ4n) is 3.66. The van der Waals surface area contributed by atoms with Crippen molar-refractivity contribution in [2.24, 2.45) is 10.7 Å². The average molecular weight is 495 g/mol. The van der Waals surface area contributed by atoms with E-state index in [1.165, 1.54) is 17.5 Å². The van der Waals surface area contributed by atoms with Gasteiger partial charge in [0.1, 0.15) is 5.75 Å². The lowest BCUT2D eigenvalue weighted by atomic mass is 9.88. The number of nitrogens with zero attached hydrogens (tertiary/aromatic N) is 1. The molecule has 7 heteroatoms. The Hall–Kier alpha value is -2.16. The minimum absolute atomic E-state index is 0. The number of nitrogens with two attached hydrogens (primary N) is 1. The van der Waals surface area contributed by atoms with E-state index in [4.69, 9.17) is 15.2 Å². The van der Waals surface area contributed by atoms with Crippen molar-refractivity contribution < 1.29 is 14.6 Å². The van der Waals surface area contributed by atoms with E-state index in [9.17, 15) is 5.11 Å². The Labute approximate surface area is 182 Å². The van der Waals surface area contributed by atoms with Gasteiger partial charge in [0.2, 0.25) is 0 Å². The molecule has 0 saturated heterocycles. The van der Waals surface area contributed by atoms with Crippen molar-refractivity contribution in [3.63, 3.8) is 0 Å². The molecule has 0 unspecified atom stereocenters. The number of hydrogen-bond acceptors (Lipinski definition) is 4. The number of halogens is 1. The van der Waals surface area contributed by atoms with Crippen LogP contribution in [0.15, 0.2) is 35.3 Å². The number of rotatable bonds is 3. The number of phenolic OH excluding ortho intramolecular Hbond substituents is 1. The van der Waals surface area contributed by atoms with Crippen LogP contribution in [-0.4, -0.2) is 24.3 Å². The van der Waals surface area contributed by atoms with Crippen LogP contribution in [0.4, 0.5) is 5.69 Å². The van der Waals surface area contributed by atoms with Gasteiger partial charge in [-0.05, 0) is 55.0 Å². The second-order valence-corrected chi connectivity index (χ2v) is 6.95. The molecular weight excluding hydrogens is 469 g/mol. The predicted molar refractivity (Wildman–Crippen MR) is 121 cm³/mol. The third-order valence-electron chi connectivity index (χ3n) is 5.05. The van der Waals surface area contributed by atoms with Gasteiger partial charge in [0.25, 0.3) is 0 Å². The highest BCUT2D eigenvalue weighted by atomic mass is 127. The molecule has 4 rings (SSSR count). The van der Waals surface area contributed by atoms with Crippen LogP contribution in [0.2, 0.25) is 0 Å². The predicted octanol–water partition coefficient (Wildman–Crippen LogP) is 3.98. The first-order valence-electron chi connectivity index (χ1n) is 9.50. The number of ether oxygens (including phenoxy) is 2. The molecule has 0 saturated carbocycles. The van der Waals surface area contributed by atoms with Crippen LogP contribution in [0.1, 0.15) is 36.0 Å². The Kier molecular flexibility index (Phi) is 6.88. The number of aryl methyl sites for hydroxylation is 1. The topological polar surface area (TPSA) is 89.1 Å². The zero-order valence-corrected chi connectivity index (χ0v) is 18.1. The number of anilines is 1. The Morgan fingerprint density at radius 1 is 1.04 bits per heavy atom. The van der Waals surface area contributed by atoms with Crippen LogP contribution >= 0.6 is 24.0 Å². The number of hydrogen-bond donors (Lipinski definition) is 3. The van der Waals surface area contributed by atoms with Crippen molar-refractivity contribution in [3.8, 4) is 17.2 Å². The lowest BCUT2D eigenvalue weighted by Crippen LogP contribution is -2.22. The molecule has 4 N–H and O–H groups in total. The maximum Gasteiger partial charge on any atom is 0.193 e. The van der Waals surface area contributed by atoms with E-state index in [0.717, 1.165) is 42.7 Å². The molecule has 0 fully saturated rings. The normalized spacial score (nSPS) is 15.8. The molecule has 28 heavy (non-hydrogen) atoms. The minimum atomic E-state index is 0. The largest absolute Gasteiger partial charge is 0.508 e. The summed E-state index contributed by atoms with van der Waals surface area (Å²) < 4.78 is 11.3. The van der Waals surface area contributed by atoms with E-state index in [1.54, 1.807) is 6.07 Å². The first-order chi connectivity index (χ1) is 13.2. The van der Waals surface area contributed by atoms with Gasteiger partial charge in [0, 0.05) is 23.7 Å². The molecule has 1 aliphatic heterocycles. The third-order valence-corrected chi connectivity index (χ3v) is 5.05. The van der Waals surface area contributed by atoms with Crippen LogP contribution in [0, 0.1) is 0 Å². The maximum atomic E-state index is 10.3. The minimum Gasteiger partial charge on any atom is -0.508 e. The number of guanidine groups is 1. The summed E-state index contributed by atoms with van der Waals surface area (Å²) >= 11 is 0. The zero-order valence-electron chi connectivity index (χ0n) is 15.7. The summed E-state index contributed by atoms with van der Waals surface area (Å²) in [5, 5.41) is 13.4. The average Bonchev–Trinajstić information content (AvgIpc) is 2.92. The van der Waals surface area contributed by atoms with Gasteiger partial charge in [-0.3, -0.25) is 0 Å². The van der Waals surface area contributed by atoms with E-state index in [-0.39, 0.29) is 24.0 Å². The smallest absolute Gasteiger partial charge is 0.193 e. The molecule has 0 aromatic heterocycles. The summed E-state index contributed by atoms with van der Waals surface area (Å²) in [5.41, 5.74) is 10.3. The molecule has 0 spiro atoms. The Bertz CT molecular complexity index is 870. The summed E-state index contributed by atoms with van der Waals surface area (Å²) in [6, 6.07) is 9.41. The fraction of sp³-hybridized carbons (Fsp3) is 0.381. The number of aliphatic imine (C=N–C) groups is 1. The molecule has 2 aromatic rings. The van der Waals surface area contributed by atoms with Crippen molar-refractivity contribution in [3.05, 3.63) is 47.0 Å². The van der Waals surface area contributed by atoms with Crippen molar-refractivity contribution >= 4 is 35.6 Å². The number of aromatic hydroxyl groups is 1. The summed E-state index contributed by atoms with van der Waals surface area (Å²) in [6.07, 6.45) is 5.28. The fourth-order valence-corrected chi connectivity index (χ4v) is 3.66. The lowest BCUT2D eigenvalue weighted by Gasteiger charge is -2.19. The zero-order chi connectivity index (χ0) is 18.6. The van der Waals surface area contributed by atoms with Crippen molar-refractivity contribution in [2.45, 2.75) is 38.6 Å². The first-order valence-corrected chi connectivity index (χ1v) is 9.50. The van der Waals surface area contributed by atoms with Gasteiger partial charge in [-0.15, -0.1) is 24.0 Å². The van der Waals surface area contributed by atoms with Crippen LogP contribution < -0.4 is 20.5 Å². The van der Waals surface area contributed by atoms with Gasteiger partial charge in [0.15, 0.2) is 17.5 Å². The van der Waals surface area contributed by atoms with Crippen molar-refractivity contribution in [2.75, 3.05) is 18.5 Å². The van der Waals surface area contributed by atoms with E-state index < -0.39 is 0 Å². The SMILES string of the molecule is I.NC(=NCc1c(O)ccc2c1CCCC2)Nc1ccc2c(c1)OCCCO2. The lowest BCUT2D eigenvalue weighted by molar-refractivity contribution is 0.297. The van der Waals surface area contributed by atoms with Gasteiger partial charge in [-0.1, -0.05) is 6.07 Å². The number of benzene rings is 2. The van der Waals surface area contributed by atoms with Gasteiger partial charge in [-0.25, -0.2) is 4.99 Å². The second-order valence-electron chi connectivity index (χ2n) is 6.95. The summed E-state index contributed by atoms with van der Waals surface area (Å²) in [6.45, 7) is 1.66. The van der Waals surface area contributed by atoms with Crippen LogP contribution in [0.5, 0.6) is 17.2 Å². The van der Waals surface area contributed by atoms with Gasteiger partial charge >= 0.3 is 0 Å². The van der Waals surface area contributed by atoms with Gasteiger partial charge in [-0.2, -0.15) is 0 Å². The molecule has 2 aliphatic rings. The van der Waals surface area contributed by atoms with Gasteiger partial charge < -0.3 is 25.6 Å². The van der Waals surface area contributed by atoms with Crippen LogP contribution in [0.3, 0.4) is 0 Å². The molecule has 6 nitrogen and oxygen atoms in total. The Balaban J connectivity index is 0.00000225. The second kappa shape index (κ2) is 9.36. The van der Waals surface area contributed by atoms with Crippen LogP contribution in [0.25, 0.3) is 0 Å².